The van der Waals surface area contributed by atoms with Crippen LogP contribution in [-0.2, 0) is 4.74 Å². The van der Waals surface area contributed by atoms with Crippen LogP contribution >= 0.6 is 11.6 Å². The minimum Gasteiger partial charge on any atom is -0.383 e. The van der Waals surface area contributed by atoms with Crippen molar-refractivity contribution in [3.63, 3.8) is 0 Å². The molecule has 1 N–H and O–H groups in total. The third kappa shape index (κ3) is 4.12. The average Bonchev–Trinajstić information content (AvgIpc) is 2.27. The van der Waals surface area contributed by atoms with Crippen molar-refractivity contribution in [1.29, 1.82) is 0 Å². The smallest absolute Gasteiger partial charge is 0.276 e. The first kappa shape index (κ1) is 14.7. The zero-order chi connectivity index (χ0) is 13.7. The van der Waals surface area contributed by atoms with Crippen molar-refractivity contribution in [3.05, 3.63) is 27.4 Å². The molecule has 6 nitrogen and oxygen atoms in total. The molecule has 0 bridgehead atoms. The predicted octanol–water partition coefficient (Wildman–Crippen LogP) is 2.73. The Bertz CT molecular complexity index is 426. The number of nitro groups is 1. The summed E-state index contributed by atoms with van der Waals surface area (Å²) < 4.78 is 5.09. The highest BCUT2D eigenvalue weighted by molar-refractivity contribution is 6.29. The third-order valence-electron chi connectivity index (χ3n) is 2.47. The van der Waals surface area contributed by atoms with Gasteiger partial charge >= 0.3 is 0 Å². The first-order valence-electron chi connectivity index (χ1n) is 5.51. The number of methoxy groups -OCH3 is 1. The molecular formula is C11H16ClN3O3. The van der Waals surface area contributed by atoms with Crippen molar-refractivity contribution in [2.45, 2.75) is 19.9 Å². The molecule has 0 radical (unpaired) electrons. The Morgan fingerprint density at radius 1 is 1.56 bits per heavy atom. The second-order valence-electron chi connectivity index (χ2n) is 4.24. The van der Waals surface area contributed by atoms with Crippen LogP contribution in [0, 0.1) is 16.0 Å². The van der Waals surface area contributed by atoms with Crippen LogP contribution in [-0.4, -0.2) is 29.7 Å². The highest BCUT2D eigenvalue weighted by Gasteiger charge is 2.16. The number of anilines is 1. The number of nitrogens with one attached hydrogen (secondary N) is 1. The summed E-state index contributed by atoms with van der Waals surface area (Å²) in [5, 5.41) is 13.9. The molecule has 0 aliphatic rings. The van der Waals surface area contributed by atoms with E-state index in [1.54, 1.807) is 7.11 Å². The summed E-state index contributed by atoms with van der Waals surface area (Å²) in [5.41, 5.74) is -0.0857. The highest BCUT2D eigenvalue weighted by Crippen LogP contribution is 2.21. The van der Waals surface area contributed by atoms with Gasteiger partial charge in [0, 0.05) is 7.11 Å². The first-order chi connectivity index (χ1) is 8.43. The normalized spacial score (nSPS) is 12.5. The Balaban J connectivity index is 2.91. The molecule has 1 unspecified atom stereocenters. The zero-order valence-corrected chi connectivity index (χ0v) is 11.3. The molecule has 1 rings (SSSR count). The Kier molecular flexibility index (Phi) is 5.30. The number of hydrogen-bond acceptors (Lipinski definition) is 5. The molecule has 1 aromatic rings. The van der Waals surface area contributed by atoms with Gasteiger partial charge in [-0.3, -0.25) is 10.1 Å². The number of aromatic nitrogens is 1. The van der Waals surface area contributed by atoms with E-state index in [0.717, 1.165) is 0 Å². The number of hydrogen-bond donors (Lipinski definition) is 1. The van der Waals surface area contributed by atoms with Crippen LogP contribution in [0.3, 0.4) is 0 Å². The summed E-state index contributed by atoms with van der Waals surface area (Å²) in [6, 6.07) is 2.59. The molecule has 1 aromatic heterocycles. The van der Waals surface area contributed by atoms with E-state index in [-0.39, 0.29) is 16.9 Å². The van der Waals surface area contributed by atoms with Gasteiger partial charge in [0.1, 0.15) is 11.0 Å². The number of nitrogens with zero attached hydrogens (tertiary/aromatic N) is 2. The van der Waals surface area contributed by atoms with Crippen molar-refractivity contribution in [1.82, 2.24) is 4.98 Å². The fourth-order valence-electron chi connectivity index (χ4n) is 1.43. The average molecular weight is 274 g/mol. The summed E-state index contributed by atoms with van der Waals surface area (Å²) in [5.74, 6) is 0.676. The minimum atomic E-state index is -0.501. The zero-order valence-electron chi connectivity index (χ0n) is 10.5. The quantitative estimate of drug-likeness (QED) is 0.490. The van der Waals surface area contributed by atoms with Crippen LogP contribution < -0.4 is 5.32 Å². The summed E-state index contributed by atoms with van der Waals surface area (Å²) in [6.45, 7) is 4.53. The summed E-state index contributed by atoms with van der Waals surface area (Å²) in [6.07, 6.45) is 0. The van der Waals surface area contributed by atoms with Crippen LogP contribution in [0.25, 0.3) is 0 Å². The lowest BCUT2D eigenvalue weighted by Crippen LogP contribution is -2.30. The summed E-state index contributed by atoms with van der Waals surface area (Å²) in [7, 11) is 1.60. The van der Waals surface area contributed by atoms with E-state index in [4.69, 9.17) is 16.3 Å². The third-order valence-corrected chi connectivity index (χ3v) is 2.67. The van der Waals surface area contributed by atoms with Gasteiger partial charge in [0.15, 0.2) is 0 Å². The molecule has 1 atom stereocenters. The van der Waals surface area contributed by atoms with Crippen molar-refractivity contribution >= 4 is 23.1 Å². The molecule has 0 aliphatic carbocycles. The Morgan fingerprint density at radius 3 is 2.72 bits per heavy atom. The maximum Gasteiger partial charge on any atom is 0.276 e. The van der Waals surface area contributed by atoms with Gasteiger partial charge in [0.2, 0.25) is 0 Å². The molecule has 100 valence electrons. The van der Waals surface area contributed by atoms with Gasteiger partial charge in [0.25, 0.3) is 5.69 Å². The van der Waals surface area contributed by atoms with Crippen molar-refractivity contribution < 1.29 is 9.66 Å². The van der Waals surface area contributed by atoms with Crippen molar-refractivity contribution in [2.75, 3.05) is 19.0 Å². The van der Waals surface area contributed by atoms with E-state index < -0.39 is 4.92 Å². The molecule has 0 aromatic carbocycles. The Labute approximate surface area is 110 Å². The van der Waals surface area contributed by atoms with E-state index in [1.807, 2.05) is 13.8 Å². The second kappa shape index (κ2) is 6.51. The van der Waals surface area contributed by atoms with Crippen LogP contribution in [0.5, 0.6) is 0 Å². The standard InChI is InChI=1S/C11H16ClN3O3/c1-7(2)9(6-18-3)13-11-5-8(15(16)17)4-10(12)14-11/h4-5,7,9H,6H2,1-3H3,(H,13,14). The molecule has 0 saturated heterocycles. The molecule has 0 spiro atoms. The molecule has 0 fully saturated rings. The van der Waals surface area contributed by atoms with Crippen LogP contribution in [0.1, 0.15) is 13.8 Å². The fraction of sp³-hybridized carbons (Fsp3) is 0.545. The van der Waals surface area contributed by atoms with Crippen LogP contribution in [0.4, 0.5) is 11.5 Å². The van der Waals surface area contributed by atoms with Gasteiger partial charge in [-0.15, -0.1) is 0 Å². The molecule has 18 heavy (non-hydrogen) atoms. The lowest BCUT2D eigenvalue weighted by atomic mass is 10.1. The number of rotatable bonds is 6. The van der Waals surface area contributed by atoms with Crippen molar-refractivity contribution in [2.24, 2.45) is 5.92 Å². The predicted molar refractivity (Wildman–Crippen MR) is 70.0 cm³/mol. The maximum atomic E-state index is 10.7. The SMILES string of the molecule is COCC(Nc1cc([N+](=O)[O-])cc(Cl)n1)C(C)C. The van der Waals surface area contributed by atoms with Gasteiger partial charge in [0.05, 0.1) is 29.7 Å². The largest absolute Gasteiger partial charge is 0.383 e. The van der Waals surface area contributed by atoms with E-state index in [0.29, 0.717) is 18.3 Å². The highest BCUT2D eigenvalue weighted by atomic mass is 35.5. The Morgan fingerprint density at radius 2 is 2.22 bits per heavy atom. The Hall–Kier alpha value is -1.40. The number of halogens is 1. The van der Waals surface area contributed by atoms with E-state index in [1.165, 1.54) is 12.1 Å². The topological polar surface area (TPSA) is 77.3 Å². The minimum absolute atomic E-state index is 0.0144. The first-order valence-corrected chi connectivity index (χ1v) is 5.89. The summed E-state index contributed by atoms with van der Waals surface area (Å²) >= 11 is 5.75. The second-order valence-corrected chi connectivity index (χ2v) is 4.63. The lowest BCUT2D eigenvalue weighted by molar-refractivity contribution is -0.384. The van der Waals surface area contributed by atoms with Gasteiger partial charge in [-0.25, -0.2) is 4.98 Å². The van der Waals surface area contributed by atoms with Gasteiger partial charge < -0.3 is 10.1 Å². The number of ether oxygens (including phenoxy) is 1. The van der Waals surface area contributed by atoms with Gasteiger partial charge in [-0.1, -0.05) is 25.4 Å². The van der Waals surface area contributed by atoms with Crippen LogP contribution in [0.15, 0.2) is 12.1 Å². The molecule has 0 aliphatic heterocycles. The van der Waals surface area contributed by atoms with E-state index >= 15 is 0 Å². The molecule has 0 saturated carbocycles. The van der Waals surface area contributed by atoms with E-state index in [9.17, 15) is 10.1 Å². The van der Waals surface area contributed by atoms with E-state index in [2.05, 4.69) is 10.3 Å². The van der Waals surface area contributed by atoms with Gasteiger partial charge in [-0.05, 0) is 5.92 Å². The van der Waals surface area contributed by atoms with Crippen molar-refractivity contribution in [3.8, 4) is 0 Å². The monoisotopic (exact) mass is 273 g/mol. The maximum absolute atomic E-state index is 10.7. The lowest BCUT2D eigenvalue weighted by Gasteiger charge is -2.21. The molecular weight excluding hydrogens is 258 g/mol. The summed E-state index contributed by atoms with van der Waals surface area (Å²) in [4.78, 5) is 14.2. The number of pyridine rings is 1. The fourth-order valence-corrected chi connectivity index (χ4v) is 1.64. The molecule has 7 heteroatoms. The van der Waals surface area contributed by atoms with Gasteiger partial charge in [-0.2, -0.15) is 0 Å². The molecule has 0 amide bonds. The van der Waals surface area contributed by atoms with Crippen LogP contribution in [0.2, 0.25) is 5.15 Å². The molecule has 1 heterocycles.